The van der Waals surface area contributed by atoms with E-state index in [2.05, 4.69) is 5.32 Å². The molecule has 0 aromatic heterocycles. The minimum Gasteiger partial charge on any atom is -0.484 e. The average Bonchev–Trinajstić information content (AvgIpc) is 2.55. The number of hydrogen-bond acceptors (Lipinski definition) is 3. The number of anilines is 1. The molecule has 0 aliphatic rings. The number of carbonyl (C=O) groups excluding carboxylic acids is 2. The first-order valence-corrected chi connectivity index (χ1v) is 7.85. The lowest BCUT2D eigenvalue weighted by molar-refractivity contribution is -0.118. The summed E-state index contributed by atoms with van der Waals surface area (Å²) in [5.41, 5.74) is 0.923. The van der Waals surface area contributed by atoms with Crippen molar-refractivity contribution >= 4 is 52.2 Å². The summed E-state index contributed by atoms with van der Waals surface area (Å²) in [6.45, 7) is -0.203. The molecule has 0 bridgehead atoms. The van der Waals surface area contributed by atoms with Crippen molar-refractivity contribution in [2.24, 2.45) is 0 Å². The number of benzene rings is 2. The minimum atomic E-state index is -0.369. The molecule has 0 atom stereocenters. The molecule has 2 aromatic carbocycles. The van der Waals surface area contributed by atoms with Gasteiger partial charge in [-0.05, 0) is 24.3 Å². The van der Waals surface area contributed by atoms with E-state index in [0.29, 0.717) is 27.0 Å². The summed E-state index contributed by atoms with van der Waals surface area (Å²) < 4.78 is 5.33. The van der Waals surface area contributed by atoms with Gasteiger partial charge >= 0.3 is 0 Å². The number of carbonyl (C=O) groups is 2. The molecule has 23 heavy (non-hydrogen) atoms. The van der Waals surface area contributed by atoms with E-state index >= 15 is 0 Å². The minimum absolute atomic E-state index is 0.113. The number of hydrogen-bond donors (Lipinski definition) is 1. The van der Waals surface area contributed by atoms with Crippen LogP contribution in [-0.2, 0) is 4.79 Å². The Balaban J connectivity index is 1.94. The lowest BCUT2D eigenvalue weighted by atomic mass is 10.1. The van der Waals surface area contributed by atoms with Gasteiger partial charge in [-0.15, -0.1) is 11.6 Å². The fourth-order valence-corrected chi connectivity index (χ4v) is 2.20. The monoisotopic (exact) mass is 371 g/mol. The van der Waals surface area contributed by atoms with Crippen molar-refractivity contribution in [1.82, 2.24) is 0 Å². The molecule has 2 aromatic rings. The molecular weight excluding hydrogens is 361 g/mol. The van der Waals surface area contributed by atoms with Crippen LogP contribution in [0, 0.1) is 0 Å². The molecule has 0 unspecified atom stereocenters. The fraction of sp³-hybridized carbons (Fsp3) is 0.125. The van der Waals surface area contributed by atoms with Crippen LogP contribution >= 0.6 is 34.8 Å². The maximum absolute atomic E-state index is 11.9. The normalized spacial score (nSPS) is 10.2. The van der Waals surface area contributed by atoms with Gasteiger partial charge in [-0.1, -0.05) is 35.3 Å². The van der Waals surface area contributed by atoms with Crippen LogP contribution in [0.2, 0.25) is 10.0 Å². The van der Waals surface area contributed by atoms with Crippen LogP contribution in [0.25, 0.3) is 0 Å². The van der Waals surface area contributed by atoms with Crippen LogP contribution < -0.4 is 10.1 Å². The summed E-state index contributed by atoms with van der Waals surface area (Å²) in [7, 11) is 0. The summed E-state index contributed by atoms with van der Waals surface area (Å²) in [4.78, 5) is 23.4. The maximum Gasteiger partial charge on any atom is 0.262 e. The predicted octanol–water partition coefficient (Wildman–Crippen LogP) is 4.43. The Morgan fingerprint density at radius 2 is 1.83 bits per heavy atom. The molecule has 4 nitrogen and oxygen atoms in total. The largest absolute Gasteiger partial charge is 0.484 e. The van der Waals surface area contributed by atoms with Crippen molar-refractivity contribution in [2.75, 3.05) is 17.8 Å². The molecule has 0 saturated carbocycles. The van der Waals surface area contributed by atoms with E-state index in [1.807, 2.05) is 0 Å². The Bertz CT molecular complexity index is 734. The molecule has 0 saturated heterocycles. The van der Waals surface area contributed by atoms with Crippen molar-refractivity contribution in [3.63, 3.8) is 0 Å². The lowest BCUT2D eigenvalue weighted by Crippen LogP contribution is -2.20. The SMILES string of the molecule is O=C(COc1ccc(Cl)c(Cl)c1)Nc1cccc(C(=O)CCl)c1. The van der Waals surface area contributed by atoms with E-state index in [0.717, 1.165) is 0 Å². The van der Waals surface area contributed by atoms with Crippen molar-refractivity contribution in [1.29, 1.82) is 0 Å². The second-order valence-corrected chi connectivity index (χ2v) is 5.63. The van der Waals surface area contributed by atoms with Gasteiger partial charge in [-0.2, -0.15) is 0 Å². The molecule has 0 aliphatic heterocycles. The first-order chi connectivity index (χ1) is 11.0. The summed E-state index contributed by atoms with van der Waals surface area (Å²) in [6.07, 6.45) is 0. The Morgan fingerprint density at radius 3 is 2.52 bits per heavy atom. The van der Waals surface area contributed by atoms with Crippen LogP contribution in [0.1, 0.15) is 10.4 Å². The van der Waals surface area contributed by atoms with E-state index in [9.17, 15) is 9.59 Å². The van der Waals surface area contributed by atoms with Gasteiger partial charge in [0.25, 0.3) is 5.91 Å². The zero-order valence-corrected chi connectivity index (χ0v) is 14.1. The van der Waals surface area contributed by atoms with Gasteiger partial charge in [0.05, 0.1) is 15.9 Å². The van der Waals surface area contributed by atoms with Crippen LogP contribution in [0.3, 0.4) is 0 Å². The molecule has 1 amide bonds. The summed E-state index contributed by atoms with van der Waals surface area (Å²) in [5, 5.41) is 3.39. The van der Waals surface area contributed by atoms with Gasteiger partial charge in [0.15, 0.2) is 12.4 Å². The van der Waals surface area contributed by atoms with Crippen LogP contribution in [0.5, 0.6) is 5.75 Å². The first kappa shape index (κ1) is 17.6. The van der Waals surface area contributed by atoms with Gasteiger partial charge < -0.3 is 10.1 Å². The number of nitrogens with one attached hydrogen (secondary N) is 1. The highest BCUT2D eigenvalue weighted by Gasteiger charge is 2.08. The van der Waals surface area contributed by atoms with Crippen molar-refractivity contribution in [2.45, 2.75) is 0 Å². The highest BCUT2D eigenvalue weighted by atomic mass is 35.5. The van der Waals surface area contributed by atoms with Crippen molar-refractivity contribution in [3.8, 4) is 5.75 Å². The van der Waals surface area contributed by atoms with Gasteiger partial charge in [0.2, 0.25) is 0 Å². The number of alkyl halides is 1. The van der Waals surface area contributed by atoms with Gasteiger partial charge in [0, 0.05) is 17.3 Å². The smallest absolute Gasteiger partial charge is 0.262 e. The number of ether oxygens (including phenoxy) is 1. The quantitative estimate of drug-likeness (QED) is 0.603. The van der Waals surface area contributed by atoms with Gasteiger partial charge in [0.1, 0.15) is 5.75 Å². The average molecular weight is 373 g/mol. The molecule has 0 spiro atoms. The number of amides is 1. The third-order valence-corrected chi connectivity index (χ3v) is 3.83. The standard InChI is InChI=1S/C16H12Cl3NO3/c17-8-15(21)10-2-1-3-11(6-10)20-16(22)9-23-12-4-5-13(18)14(19)7-12/h1-7H,8-9H2,(H,20,22). The zero-order chi connectivity index (χ0) is 16.8. The summed E-state index contributed by atoms with van der Waals surface area (Å²) in [5.74, 6) is -0.264. The summed E-state index contributed by atoms with van der Waals surface area (Å²) >= 11 is 17.2. The Hall–Kier alpha value is -1.75. The molecule has 0 heterocycles. The Kier molecular flexibility index (Phi) is 6.28. The topological polar surface area (TPSA) is 55.4 Å². The molecule has 0 radical (unpaired) electrons. The Labute approximate surface area is 148 Å². The number of rotatable bonds is 6. The van der Waals surface area contributed by atoms with Crippen molar-refractivity contribution < 1.29 is 14.3 Å². The van der Waals surface area contributed by atoms with Crippen LogP contribution in [0.4, 0.5) is 5.69 Å². The maximum atomic E-state index is 11.9. The van der Waals surface area contributed by atoms with E-state index in [-0.39, 0.29) is 24.2 Å². The zero-order valence-electron chi connectivity index (χ0n) is 11.8. The number of Topliss-reactive ketones (excluding diaryl/α,β-unsaturated/α-hetero) is 1. The molecule has 2 rings (SSSR count). The molecule has 0 aliphatic carbocycles. The fourth-order valence-electron chi connectivity index (χ4n) is 1.76. The second kappa shape index (κ2) is 8.20. The highest BCUT2D eigenvalue weighted by molar-refractivity contribution is 6.42. The predicted molar refractivity (Wildman–Crippen MR) is 92.1 cm³/mol. The summed E-state index contributed by atoms with van der Waals surface area (Å²) in [6, 6.07) is 11.2. The van der Waals surface area contributed by atoms with E-state index < -0.39 is 0 Å². The highest BCUT2D eigenvalue weighted by Crippen LogP contribution is 2.26. The Morgan fingerprint density at radius 1 is 1.04 bits per heavy atom. The van der Waals surface area contributed by atoms with Gasteiger partial charge in [-0.3, -0.25) is 9.59 Å². The van der Waals surface area contributed by atoms with E-state index in [4.69, 9.17) is 39.5 Å². The molecular formula is C16H12Cl3NO3. The third kappa shape index (κ3) is 5.13. The third-order valence-electron chi connectivity index (χ3n) is 2.85. The lowest BCUT2D eigenvalue weighted by Gasteiger charge is -2.09. The van der Waals surface area contributed by atoms with E-state index in [1.54, 1.807) is 36.4 Å². The molecule has 0 fully saturated rings. The van der Waals surface area contributed by atoms with Crippen LogP contribution in [-0.4, -0.2) is 24.2 Å². The molecule has 7 heteroatoms. The molecule has 120 valence electrons. The van der Waals surface area contributed by atoms with E-state index in [1.165, 1.54) is 6.07 Å². The van der Waals surface area contributed by atoms with Crippen LogP contribution in [0.15, 0.2) is 42.5 Å². The molecule has 1 N–H and O–H groups in total. The number of ketones is 1. The van der Waals surface area contributed by atoms with Gasteiger partial charge in [-0.25, -0.2) is 0 Å². The van der Waals surface area contributed by atoms with Crippen molar-refractivity contribution in [3.05, 3.63) is 58.1 Å². The first-order valence-electron chi connectivity index (χ1n) is 6.56. The number of halogens is 3. The second-order valence-electron chi connectivity index (χ2n) is 4.55.